The van der Waals surface area contributed by atoms with E-state index in [1.807, 2.05) is 29.7 Å². The number of hydrogen-bond donors (Lipinski definition) is 2. The molecule has 3 fully saturated rings. The number of ether oxygens (including phenoxy) is 1. The van der Waals surface area contributed by atoms with Gasteiger partial charge < -0.3 is 24.8 Å². The van der Waals surface area contributed by atoms with Crippen molar-refractivity contribution in [2.24, 2.45) is 0 Å². The Morgan fingerprint density at radius 2 is 1.73 bits per heavy atom. The molecule has 5 aliphatic rings. The van der Waals surface area contributed by atoms with E-state index in [0.717, 1.165) is 10.5 Å². The zero-order valence-electron chi connectivity index (χ0n) is 32.8. The van der Waals surface area contributed by atoms with Crippen molar-refractivity contribution in [2.75, 3.05) is 42.9 Å². The topological polar surface area (TPSA) is 179 Å². The Morgan fingerprint density at radius 1 is 0.966 bits per heavy atom. The van der Waals surface area contributed by atoms with E-state index < -0.39 is 41.2 Å². The highest BCUT2D eigenvalue weighted by atomic mass is 19.1. The highest BCUT2D eigenvalue weighted by Gasteiger charge is 2.45. The molecule has 7 heterocycles. The van der Waals surface area contributed by atoms with Gasteiger partial charge in [-0.15, -0.1) is 0 Å². The number of aromatic nitrogens is 3. The number of benzene rings is 2. The number of anilines is 2. The van der Waals surface area contributed by atoms with Crippen LogP contribution in [0.3, 0.4) is 0 Å². The number of carbonyl (C=O) groups excluding carboxylic acids is 6. The molecule has 1 unspecified atom stereocenters. The minimum Gasteiger partial charge on any atom is -0.489 e. The lowest BCUT2D eigenvalue weighted by Crippen LogP contribution is -2.54. The Kier molecular flexibility index (Phi) is 9.64. The molecule has 16 nitrogen and oxygen atoms in total. The highest BCUT2D eigenvalue weighted by molar-refractivity contribution is 6.23. The first kappa shape index (κ1) is 38.3. The summed E-state index contributed by atoms with van der Waals surface area (Å²) in [4.78, 5) is 89.1. The van der Waals surface area contributed by atoms with E-state index in [0.29, 0.717) is 79.5 Å². The Bertz CT molecular complexity index is 2420. The molecular weight excluding hydrogens is 762 g/mol. The van der Waals surface area contributed by atoms with Crippen LogP contribution in [0.4, 0.5) is 15.8 Å². The predicted molar refractivity (Wildman–Crippen MR) is 211 cm³/mol. The molecule has 0 bridgehead atoms. The maximum atomic E-state index is 16.4. The van der Waals surface area contributed by atoms with Crippen molar-refractivity contribution in [1.82, 2.24) is 34.6 Å². The number of halogens is 1. The predicted octanol–water partition coefficient (Wildman–Crippen LogP) is 3.60. The number of alkyl halides is 1. The summed E-state index contributed by atoms with van der Waals surface area (Å²) < 4.78 is 24.0. The minimum atomic E-state index is -1.42. The molecular formula is C42H44FN9O7. The molecule has 59 heavy (non-hydrogen) atoms. The fourth-order valence-corrected chi connectivity index (χ4v) is 9.05. The zero-order chi connectivity index (χ0) is 41.2. The number of fused-ring (bicyclic) bond motifs is 3. The van der Waals surface area contributed by atoms with E-state index in [1.54, 1.807) is 42.7 Å². The number of nitrogens with one attached hydrogen (secondary N) is 2. The third-order valence-electron chi connectivity index (χ3n) is 12.1. The van der Waals surface area contributed by atoms with E-state index in [-0.39, 0.29) is 61.4 Å². The molecule has 0 radical (unpaired) electrons. The lowest BCUT2D eigenvalue weighted by Gasteiger charge is -2.43. The quantitative estimate of drug-likeness (QED) is 0.236. The lowest BCUT2D eigenvalue weighted by molar-refractivity contribution is -0.136. The summed E-state index contributed by atoms with van der Waals surface area (Å²) in [7, 11) is 0. The summed E-state index contributed by atoms with van der Waals surface area (Å²) in [5, 5.41) is 9.38. The highest BCUT2D eigenvalue weighted by Crippen LogP contribution is 2.38. The van der Waals surface area contributed by atoms with Gasteiger partial charge in [-0.2, -0.15) is 5.10 Å². The normalized spacial score (nSPS) is 21.1. The fraction of sp³-hybridized carbons (Fsp3) is 0.429. The van der Waals surface area contributed by atoms with Gasteiger partial charge in [-0.1, -0.05) is 0 Å². The molecule has 4 aromatic rings. The summed E-state index contributed by atoms with van der Waals surface area (Å²) in [5.74, 6) is -2.31. The van der Waals surface area contributed by atoms with Gasteiger partial charge in [0.05, 0.1) is 29.1 Å². The van der Waals surface area contributed by atoms with Crippen LogP contribution >= 0.6 is 0 Å². The van der Waals surface area contributed by atoms with Crippen LogP contribution in [0.2, 0.25) is 0 Å². The Morgan fingerprint density at radius 3 is 2.47 bits per heavy atom. The molecule has 5 aliphatic heterocycles. The van der Waals surface area contributed by atoms with Gasteiger partial charge in [-0.05, 0) is 75.1 Å². The van der Waals surface area contributed by atoms with Crippen LogP contribution in [0.25, 0.3) is 5.65 Å². The first-order valence-electron chi connectivity index (χ1n) is 20.1. The monoisotopic (exact) mass is 805 g/mol. The second-order valence-corrected chi connectivity index (χ2v) is 16.3. The molecule has 1 atom stereocenters. The number of piperidine rings is 3. The van der Waals surface area contributed by atoms with Crippen molar-refractivity contribution in [3.63, 3.8) is 0 Å². The van der Waals surface area contributed by atoms with Gasteiger partial charge in [0.15, 0.2) is 5.65 Å². The van der Waals surface area contributed by atoms with Crippen LogP contribution in [-0.2, 0) is 16.1 Å². The summed E-state index contributed by atoms with van der Waals surface area (Å²) in [6, 6.07) is 9.17. The largest absolute Gasteiger partial charge is 0.489 e. The smallest absolute Gasteiger partial charge is 0.262 e. The van der Waals surface area contributed by atoms with E-state index in [1.165, 1.54) is 10.7 Å². The molecule has 6 amide bonds. The Balaban J connectivity index is 0.800. The van der Waals surface area contributed by atoms with E-state index in [4.69, 9.17) is 4.74 Å². The first-order valence-corrected chi connectivity index (χ1v) is 20.1. The van der Waals surface area contributed by atoms with Gasteiger partial charge in [0, 0.05) is 88.2 Å². The standard InChI is InChI=1S/C42H44FN9O7/c1-24(2)59-34-20-29-25(18-32(34)46-37(54)31-21-45-51-13-3-12-44-36(31)51)22-50(39(29)56)26-8-14-48(15-9-26)23-42(43)10-16-49(17-11-42)27-4-5-28-30(19-27)41(58)52(40(28)57)33-6-7-35(53)47-38(33)55/h3-5,12-13,18-21,24,26,33H,6-11,14-17,22-23H2,1-2H3,(H,46,54)(H,47,53,55). The third-order valence-corrected chi connectivity index (χ3v) is 12.1. The first-order chi connectivity index (χ1) is 28.4. The number of amides is 6. The number of likely N-dealkylation sites (tertiary alicyclic amines) is 1. The fourth-order valence-electron chi connectivity index (χ4n) is 9.05. The molecule has 0 aliphatic carbocycles. The van der Waals surface area contributed by atoms with Crippen molar-refractivity contribution in [1.29, 1.82) is 0 Å². The summed E-state index contributed by atoms with van der Waals surface area (Å²) in [6.45, 7) is 6.55. The molecule has 3 saturated heterocycles. The second kappa shape index (κ2) is 14.9. The van der Waals surface area contributed by atoms with E-state index in [2.05, 4.69) is 25.6 Å². The van der Waals surface area contributed by atoms with Gasteiger partial charge in [0.2, 0.25) is 11.8 Å². The van der Waals surface area contributed by atoms with Crippen molar-refractivity contribution in [3.05, 3.63) is 82.8 Å². The summed E-state index contributed by atoms with van der Waals surface area (Å²) >= 11 is 0. The molecule has 2 aromatic heterocycles. The molecule has 0 spiro atoms. The van der Waals surface area contributed by atoms with Gasteiger partial charge in [-0.25, -0.2) is 13.9 Å². The van der Waals surface area contributed by atoms with Gasteiger partial charge in [0.25, 0.3) is 23.6 Å². The average molecular weight is 806 g/mol. The van der Waals surface area contributed by atoms with Crippen LogP contribution in [0.15, 0.2) is 55.0 Å². The van der Waals surface area contributed by atoms with Crippen molar-refractivity contribution in [2.45, 2.75) is 82.8 Å². The van der Waals surface area contributed by atoms with Gasteiger partial charge in [-0.3, -0.25) is 39.0 Å². The number of imide groups is 2. The SMILES string of the molecule is CC(C)Oc1cc2c(cc1NC(=O)c1cnn3cccnc13)CN(C1CCN(CC3(F)CCN(c4ccc5c(c4)C(=O)N(C4CCC(=O)NC4=O)C5=O)CC3)CC1)C2=O. The zero-order valence-corrected chi connectivity index (χ0v) is 32.8. The van der Waals surface area contributed by atoms with Crippen LogP contribution < -0.4 is 20.3 Å². The number of nitrogens with zero attached hydrogens (tertiary/aromatic N) is 7. The summed E-state index contributed by atoms with van der Waals surface area (Å²) in [6.07, 6.45) is 6.65. The lowest BCUT2D eigenvalue weighted by atomic mass is 9.91. The van der Waals surface area contributed by atoms with E-state index >= 15 is 4.39 Å². The number of hydrogen-bond acceptors (Lipinski definition) is 11. The van der Waals surface area contributed by atoms with Crippen molar-refractivity contribution >= 4 is 52.5 Å². The van der Waals surface area contributed by atoms with Gasteiger partial charge >= 0.3 is 0 Å². The van der Waals surface area contributed by atoms with Crippen molar-refractivity contribution < 1.29 is 37.9 Å². The maximum Gasteiger partial charge on any atom is 0.262 e. The molecule has 2 N–H and O–H groups in total. The number of rotatable bonds is 9. The molecule has 9 rings (SSSR count). The Hall–Kier alpha value is -6.23. The molecule has 17 heteroatoms. The third kappa shape index (κ3) is 7.06. The van der Waals surface area contributed by atoms with Gasteiger partial charge in [0.1, 0.15) is 23.0 Å². The molecule has 306 valence electrons. The van der Waals surface area contributed by atoms with Crippen LogP contribution in [0, 0.1) is 0 Å². The van der Waals surface area contributed by atoms with Crippen LogP contribution in [-0.4, -0.2) is 121 Å². The summed E-state index contributed by atoms with van der Waals surface area (Å²) in [5.41, 5.74) is 2.22. The maximum absolute atomic E-state index is 16.4. The molecule has 2 aromatic carbocycles. The van der Waals surface area contributed by atoms with E-state index in [9.17, 15) is 28.8 Å². The van der Waals surface area contributed by atoms with Crippen molar-refractivity contribution in [3.8, 4) is 5.75 Å². The second-order valence-electron chi connectivity index (χ2n) is 16.3. The minimum absolute atomic E-state index is 0.0266. The average Bonchev–Trinajstić information content (AvgIpc) is 3.86. The number of carbonyl (C=O) groups is 6. The van der Waals surface area contributed by atoms with Crippen LogP contribution in [0.1, 0.15) is 99.4 Å². The molecule has 0 saturated carbocycles. The van der Waals surface area contributed by atoms with Crippen LogP contribution in [0.5, 0.6) is 5.75 Å². The Labute approximate surface area is 338 Å².